The van der Waals surface area contributed by atoms with Crippen molar-refractivity contribution in [1.29, 1.82) is 0 Å². The Morgan fingerprint density at radius 1 is 1.42 bits per heavy atom. The van der Waals surface area contributed by atoms with Crippen LogP contribution in [0.5, 0.6) is 11.5 Å². The molecule has 0 radical (unpaired) electrons. The summed E-state index contributed by atoms with van der Waals surface area (Å²) in [6, 6.07) is 3.43. The summed E-state index contributed by atoms with van der Waals surface area (Å²) in [6.45, 7) is 0.0114. The molecule has 1 aromatic rings. The smallest absolute Gasteiger partial charge is 0.314 e. The standard InChI is InChI=1S/C15H19N3O6/c1-23-10-5-6-13(12(8-10)18(21)22)24-9-14(19)17-7-3-2-4-11(17)15(16)20/h5-6,8,11H,2-4,7,9H2,1H3,(H2,16,20)/t11-/m0/s1. The lowest BCUT2D eigenvalue weighted by atomic mass is 10.0. The predicted octanol–water partition coefficient (Wildman–Crippen LogP) is 0.849. The Balaban J connectivity index is 2.08. The van der Waals surface area contributed by atoms with Crippen LogP contribution < -0.4 is 15.2 Å². The van der Waals surface area contributed by atoms with Gasteiger partial charge in [-0.25, -0.2) is 0 Å². The van der Waals surface area contributed by atoms with Crippen LogP contribution in [-0.2, 0) is 9.59 Å². The van der Waals surface area contributed by atoms with E-state index in [-0.39, 0.29) is 11.4 Å². The summed E-state index contributed by atoms with van der Waals surface area (Å²) in [5, 5.41) is 11.1. The van der Waals surface area contributed by atoms with Crippen LogP contribution in [0.2, 0.25) is 0 Å². The van der Waals surface area contributed by atoms with Gasteiger partial charge in [0.05, 0.1) is 18.1 Å². The average Bonchev–Trinajstić information content (AvgIpc) is 2.59. The summed E-state index contributed by atoms with van der Waals surface area (Å²) in [5.74, 6) is -0.714. The van der Waals surface area contributed by atoms with E-state index in [9.17, 15) is 19.7 Å². The SMILES string of the molecule is COc1ccc(OCC(=O)N2CCCC[C@H]2C(N)=O)c([N+](=O)[O-])c1. The molecule has 9 heteroatoms. The van der Waals surface area contributed by atoms with Gasteiger partial charge in [-0.2, -0.15) is 0 Å². The van der Waals surface area contributed by atoms with Crippen LogP contribution >= 0.6 is 0 Å². The number of ether oxygens (including phenoxy) is 2. The van der Waals surface area contributed by atoms with Crippen LogP contribution in [0.25, 0.3) is 0 Å². The minimum atomic E-state index is -0.652. The predicted molar refractivity (Wildman–Crippen MR) is 83.7 cm³/mol. The molecule has 1 heterocycles. The number of carbonyl (C=O) groups is 2. The molecule has 2 rings (SSSR count). The molecule has 0 unspecified atom stereocenters. The van der Waals surface area contributed by atoms with Crippen molar-refractivity contribution < 1.29 is 24.0 Å². The molecule has 1 fully saturated rings. The molecule has 0 saturated carbocycles. The lowest BCUT2D eigenvalue weighted by Crippen LogP contribution is -2.51. The second-order valence-corrected chi connectivity index (χ2v) is 5.38. The highest BCUT2D eigenvalue weighted by atomic mass is 16.6. The van der Waals surface area contributed by atoms with Gasteiger partial charge in [0.2, 0.25) is 5.91 Å². The van der Waals surface area contributed by atoms with Crippen molar-refractivity contribution in [1.82, 2.24) is 4.90 Å². The molecule has 1 aromatic carbocycles. The number of carbonyl (C=O) groups excluding carboxylic acids is 2. The van der Waals surface area contributed by atoms with Gasteiger partial charge in [0.25, 0.3) is 5.91 Å². The molecule has 1 atom stereocenters. The molecule has 2 amide bonds. The first-order valence-corrected chi connectivity index (χ1v) is 7.48. The van der Waals surface area contributed by atoms with E-state index in [4.69, 9.17) is 15.2 Å². The lowest BCUT2D eigenvalue weighted by Gasteiger charge is -2.33. The van der Waals surface area contributed by atoms with Crippen molar-refractivity contribution in [3.8, 4) is 11.5 Å². The summed E-state index contributed by atoms with van der Waals surface area (Å²) < 4.78 is 10.2. The number of piperidine rings is 1. The molecule has 0 aromatic heterocycles. The number of nitrogens with zero attached hydrogens (tertiary/aromatic N) is 2. The fraction of sp³-hybridized carbons (Fsp3) is 0.467. The Labute approximate surface area is 138 Å². The molecule has 24 heavy (non-hydrogen) atoms. The maximum absolute atomic E-state index is 12.3. The van der Waals surface area contributed by atoms with Crippen molar-refractivity contribution in [2.45, 2.75) is 25.3 Å². The number of nitro groups is 1. The third kappa shape index (κ3) is 3.92. The highest BCUT2D eigenvalue weighted by molar-refractivity contribution is 5.87. The molecular weight excluding hydrogens is 318 g/mol. The molecule has 2 N–H and O–H groups in total. The molecule has 1 aliphatic rings. The van der Waals surface area contributed by atoms with E-state index in [0.717, 1.165) is 12.8 Å². The van der Waals surface area contributed by atoms with Crippen LogP contribution in [-0.4, -0.2) is 47.9 Å². The summed E-state index contributed by atoms with van der Waals surface area (Å²) in [6.07, 6.45) is 2.12. The number of rotatable bonds is 6. The van der Waals surface area contributed by atoms with Crippen molar-refractivity contribution >= 4 is 17.5 Å². The van der Waals surface area contributed by atoms with Crippen molar-refractivity contribution in [2.24, 2.45) is 5.73 Å². The van der Waals surface area contributed by atoms with Gasteiger partial charge >= 0.3 is 5.69 Å². The summed E-state index contributed by atoms with van der Waals surface area (Å²) >= 11 is 0. The van der Waals surface area contributed by atoms with E-state index in [1.165, 1.54) is 30.2 Å². The maximum Gasteiger partial charge on any atom is 0.314 e. The summed E-state index contributed by atoms with van der Waals surface area (Å²) in [4.78, 5) is 35.6. The molecular formula is C15H19N3O6. The third-order valence-corrected chi connectivity index (χ3v) is 3.87. The van der Waals surface area contributed by atoms with Crippen molar-refractivity contribution in [2.75, 3.05) is 20.3 Å². The largest absolute Gasteiger partial charge is 0.496 e. The van der Waals surface area contributed by atoms with Gasteiger partial charge in [0.1, 0.15) is 11.8 Å². The number of benzene rings is 1. The number of primary amides is 1. The van der Waals surface area contributed by atoms with Crippen molar-refractivity contribution in [3.63, 3.8) is 0 Å². The first-order valence-electron chi connectivity index (χ1n) is 7.48. The first kappa shape index (κ1) is 17.5. The Kier molecular flexibility index (Phi) is 5.56. The Morgan fingerprint density at radius 3 is 2.79 bits per heavy atom. The van der Waals surface area contributed by atoms with E-state index in [1.807, 2.05) is 0 Å². The third-order valence-electron chi connectivity index (χ3n) is 3.87. The second-order valence-electron chi connectivity index (χ2n) is 5.38. The number of methoxy groups -OCH3 is 1. The quantitative estimate of drug-likeness (QED) is 0.606. The van der Waals surface area contributed by atoms with Crippen LogP contribution in [0.1, 0.15) is 19.3 Å². The number of likely N-dealkylation sites (tertiary alicyclic amines) is 1. The molecule has 0 aliphatic carbocycles. The fourth-order valence-corrected chi connectivity index (χ4v) is 2.64. The summed E-state index contributed by atoms with van der Waals surface area (Å²) in [5.41, 5.74) is 5.02. The first-order chi connectivity index (χ1) is 11.4. The maximum atomic E-state index is 12.3. The number of nitro benzene ring substituents is 1. The highest BCUT2D eigenvalue weighted by Gasteiger charge is 2.31. The van der Waals surface area contributed by atoms with E-state index in [0.29, 0.717) is 18.7 Å². The monoisotopic (exact) mass is 337 g/mol. The zero-order valence-corrected chi connectivity index (χ0v) is 13.3. The van der Waals surface area contributed by atoms with Gasteiger partial charge in [0.15, 0.2) is 12.4 Å². The number of amides is 2. The number of hydrogen-bond acceptors (Lipinski definition) is 6. The Morgan fingerprint density at radius 2 is 2.17 bits per heavy atom. The zero-order valence-electron chi connectivity index (χ0n) is 13.3. The minimum Gasteiger partial charge on any atom is -0.496 e. The highest BCUT2D eigenvalue weighted by Crippen LogP contribution is 2.31. The van der Waals surface area contributed by atoms with Gasteiger partial charge in [-0.15, -0.1) is 0 Å². The zero-order chi connectivity index (χ0) is 17.7. The Hall–Kier alpha value is -2.84. The molecule has 9 nitrogen and oxygen atoms in total. The van der Waals surface area contributed by atoms with Gasteiger partial charge in [-0.3, -0.25) is 19.7 Å². The van der Waals surface area contributed by atoms with Gasteiger partial charge in [-0.05, 0) is 31.4 Å². The molecule has 130 valence electrons. The Bertz CT molecular complexity index is 648. The normalized spacial score (nSPS) is 17.2. The average molecular weight is 337 g/mol. The van der Waals surface area contributed by atoms with Gasteiger partial charge < -0.3 is 20.1 Å². The number of nitrogens with two attached hydrogens (primary N) is 1. The molecule has 0 spiro atoms. The van der Waals surface area contributed by atoms with Crippen LogP contribution in [0.3, 0.4) is 0 Å². The minimum absolute atomic E-state index is 0.0400. The molecule has 0 bridgehead atoms. The number of hydrogen-bond donors (Lipinski definition) is 1. The van der Waals surface area contributed by atoms with Crippen molar-refractivity contribution in [3.05, 3.63) is 28.3 Å². The van der Waals surface area contributed by atoms with Gasteiger partial charge in [-0.1, -0.05) is 0 Å². The van der Waals surface area contributed by atoms with Crippen LogP contribution in [0, 0.1) is 10.1 Å². The topological polar surface area (TPSA) is 125 Å². The lowest BCUT2D eigenvalue weighted by molar-refractivity contribution is -0.385. The molecule has 1 aliphatic heterocycles. The molecule has 1 saturated heterocycles. The van der Waals surface area contributed by atoms with Crippen LogP contribution in [0.4, 0.5) is 5.69 Å². The van der Waals surface area contributed by atoms with E-state index in [2.05, 4.69) is 0 Å². The fourth-order valence-electron chi connectivity index (χ4n) is 2.64. The van der Waals surface area contributed by atoms with E-state index >= 15 is 0 Å². The van der Waals surface area contributed by atoms with Crippen LogP contribution in [0.15, 0.2) is 18.2 Å². The van der Waals surface area contributed by atoms with E-state index < -0.39 is 29.4 Å². The second kappa shape index (κ2) is 7.62. The van der Waals surface area contributed by atoms with E-state index in [1.54, 1.807) is 0 Å². The summed E-state index contributed by atoms with van der Waals surface area (Å²) in [7, 11) is 1.39. The van der Waals surface area contributed by atoms with Gasteiger partial charge in [0, 0.05) is 6.54 Å².